The van der Waals surface area contributed by atoms with Gasteiger partial charge in [-0.05, 0) is 6.92 Å². The van der Waals surface area contributed by atoms with Crippen LogP contribution in [-0.2, 0) is 4.74 Å². The van der Waals surface area contributed by atoms with Crippen molar-refractivity contribution in [3.63, 3.8) is 0 Å². The molecule has 11 heavy (non-hydrogen) atoms. The van der Waals surface area contributed by atoms with Crippen LogP contribution in [0.25, 0.3) is 0 Å². The van der Waals surface area contributed by atoms with Gasteiger partial charge in [0.05, 0.1) is 16.1 Å². The van der Waals surface area contributed by atoms with Crippen LogP contribution in [0, 0.1) is 6.92 Å². The molecule has 62 valence electrons. The zero-order valence-corrected chi connectivity index (χ0v) is 7.52. The molecule has 1 aromatic heterocycles. The molecule has 0 aliphatic heterocycles. The lowest BCUT2D eigenvalue weighted by Gasteiger charge is -2.10. The molecule has 0 aliphatic carbocycles. The Labute approximate surface area is 70.2 Å². The fourth-order valence-electron chi connectivity index (χ4n) is 0.930. The van der Waals surface area contributed by atoms with Gasteiger partial charge in [0.15, 0.2) is 0 Å². The van der Waals surface area contributed by atoms with Crippen LogP contribution >= 0.6 is 11.3 Å². The van der Waals surface area contributed by atoms with Gasteiger partial charge in [-0.2, -0.15) is 0 Å². The van der Waals surface area contributed by atoms with Crippen molar-refractivity contribution in [3.8, 4) is 0 Å². The summed E-state index contributed by atoms with van der Waals surface area (Å²) in [4.78, 5) is 5.25. The van der Waals surface area contributed by atoms with Crippen LogP contribution in [0.15, 0.2) is 5.51 Å². The minimum absolute atomic E-state index is 0.0162. The molecule has 0 fully saturated rings. The lowest BCUT2D eigenvalue weighted by atomic mass is 10.2. The van der Waals surface area contributed by atoms with E-state index in [0.717, 1.165) is 10.6 Å². The summed E-state index contributed by atoms with van der Waals surface area (Å²) in [5, 5.41) is 0. The minimum Gasteiger partial charge on any atom is -0.375 e. The van der Waals surface area contributed by atoms with E-state index in [-0.39, 0.29) is 6.10 Å². The quantitative estimate of drug-likeness (QED) is 0.742. The van der Waals surface area contributed by atoms with E-state index >= 15 is 0 Å². The number of nitrogens with zero attached hydrogens (tertiary/aromatic N) is 1. The molecule has 1 rings (SSSR count). The largest absolute Gasteiger partial charge is 0.375 e. The fraction of sp³-hybridized carbons (Fsp3) is 0.571. The number of aryl methyl sites for hydroxylation is 1. The molecule has 0 radical (unpaired) electrons. The third-order valence-corrected chi connectivity index (χ3v) is 2.60. The molecule has 0 saturated heterocycles. The number of rotatable bonds is 3. The molecular weight excluding hydrogens is 160 g/mol. The van der Waals surface area contributed by atoms with Crippen LogP contribution < -0.4 is 5.73 Å². The normalized spacial score (nSPS) is 13.4. The van der Waals surface area contributed by atoms with Crippen molar-refractivity contribution in [2.45, 2.75) is 13.0 Å². The third-order valence-electron chi connectivity index (χ3n) is 1.57. The van der Waals surface area contributed by atoms with Crippen molar-refractivity contribution >= 4 is 11.3 Å². The monoisotopic (exact) mass is 172 g/mol. The van der Waals surface area contributed by atoms with Gasteiger partial charge in [-0.15, -0.1) is 11.3 Å². The first-order valence-corrected chi connectivity index (χ1v) is 4.30. The first kappa shape index (κ1) is 8.64. The maximum Gasteiger partial charge on any atom is 0.105 e. The molecular formula is C7H12N2OS. The summed E-state index contributed by atoms with van der Waals surface area (Å²) in [5.41, 5.74) is 8.33. The van der Waals surface area contributed by atoms with Crippen molar-refractivity contribution in [2.24, 2.45) is 5.73 Å². The Kier molecular flexibility index (Phi) is 2.99. The highest BCUT2D eigenvalue weighted by molar-refractivity contribution is 7.09. The van der Waals surface area contributed by atoms with E-state index in [9.17, 15) is 0 Å². The van der Waals surface area contributed by atoms with Crippen molar-refractivity contribution in [2.75, 3.05) is 13.7 Å². The smallest absolute Gasteiger partial charge is 0.105 e. The van der Waals surface area contributed by atoms with E-state index in [1.54, 1.807) is 18.4 Å². The Morgan fingerprint density at radius 1 is 1.82 bits per heavy atom. The second-order valence-electron chi connectivity index (χ2n) is 2.26. The molecule has 0 amide bonds. The third kappa shape index (κ3) is 1.77. The van der Waals surface area contributed by atoms with Crippen molar-refractivity contribution in [3.05, 3.63) is 16.1 Å². The molecule has 0 aromatic carbocycles. The van der Waals surface area contributed by atoms with Crippen molar-refractivity contribution < 1.29 is 4.74 Å². The second-order valence-corrected chi connectivity index (χ2v) is 3.15. The van der Waals surface area contributed by atoms with Gasteiger partial charge in [0.2, 0.25) is 0 Å². The van der Waals surface area contributed by atoms with E-state index in [1.807, 2.05) is 12.4 Å². The van der Waals surface area contributed by atoms with Gasteiger partial charge in [0.1, 0.15) is 6.10 Å². The summed E-state index contributed by atoms with van der Waals surface area (Å²) < 4.78 is 5.17. The van der Waals surface area contributed by atoms with Crippen LogP contribution in [-0.4, -0.2) is 18.6 Å². The van der Waals surface area contributed by atoms with Crippen LogP contribution in [0.4, 0.5) is 0 Å². The molecule has 1 unspecified atom stereocenters. The molecule has 4 heteroatoms. The van der Waals surface area contributed by atoms with Gasteiger partial charge >= 0.3 is 0 Å². The van der Waals surface area contributed by atoms with Crippen LogP contribution in [0.1, 0.15) is 16.7 Å². The van der Waals surface area contributed by atoms with Gasteiger partial charge < -0.3 is 10.5 Å². The number of thiazole rings is 1. The van der Waals surface area contributed by atoms with Crippen LogP contribution in [0.3, 0.4) is 0 Å². The summed E-state index contributed by atoms with van der Waals surface area (Å²) in [6.45, 7) is 2.48. The summed E-state index contributed by atoms with van der Waals surface area (Å²) in [5.74, 6) is 0. The number of nitrogens with two attached hydrogens (primary N) is 1. The Morgan fingerprint density at radius 2 is 2.55 bits per heavy atom. The fourth-order valence-corrected chi connectivity index (χ4v) is 1.82. The van der Waals surface area contributed by atoms with Gasteiger partial charge in [0, 0.05) is 13.7 Å². The van der Waals surface area contributed by atoms with Crippen molar-refractivity contribution in [1.29, 1.82) is 0 Å². The van der Waals surface area contributed by atoms with E-state index in [2.05, 4.69) is 4.98 Å². The molecule has 0 spiro atoms. The Balaban J connectivity index is 2.81. The molecule has 0 aliphatic rings. The molecule has 0 saturated carbocycles. The molecule has 1 heterocycles. The molecule has 0 bridgehead atoms. The zero-order valence-electron chi connectivity index (χ0n) is 6.70. The first-order valence-electron chi connectivity index (χ1n) is 3.42. The first-order chi connectivity index (χ1) is 5.29. The SMILES string of the molecule is COC(CN)c1scnc1C. The van der Waals surface area contributed by atoms with Gasteiger partial charge in [-0.3, -0.25) is 0 Å². The van der Waals surface area contributed by atoms with Crippen LogP contribution in [0.5, 0.6) is 0 Å². The van der Waals surface area contributed by atoms with Gasteiger partial charge in [-0.25, -0.2) is 4.98 Å². The highest BCUT2D eigenvalue weighted by atomic mass is 32.1. The second kappa shape index (κ2) is 3.80. The van der Waals surface area contributed by atoms with E-state index < -0.39 is 0 Å². The highest BCUT2D eigenvalue weighted by Gasteiger charge is 2.12. The summed E-state index contributed by atoms with van der Waals surface area (Å²) in [7, 11) is 1.66. The lowest BCUT2D eigenvalue weighted by Crippen LogP contribution is -2.13. The topological polar surface area (TPSA) is 48.1 Å². The van der Waals surface area contributed by atoms with Crippen LogP contribution in [0.2, 0.25) is 0 Å². The zero-order chi connectivity index (χ0) is 8.27. The summed E-state index contributed by atoms with van der Waals surface area (Å²) >= 11 is 1.59. The van der Waals surface area contributed by atoms with E-state index in [1.165, 1.54) is 0 Å². The summed E-state index contributed by atoms with van der Waals surface area (Å²) in [6, 6.07) is 0. The predicted molar refractivity (Wildman–Crippen MR) is 45.7 cm³/mol. The number of hydrogen-bond donors (Lipinski definition) is 1. The average Bonchev–Trinajstić information content (AvgIpc) is 2.40. The maximum atomic E-state index is 5.50. The number of ether oxygens (including phenoxy) is 1. The maximum absolute atomic E-state index is 5.50. The molecule has 1 atom stereocenters. The average molecular weight is 172 g/mol. The summed E-state index contributed by atoms with van der Waals surface area (Å²) in [6.07, 6.45) is 0.0162. The Bertz CT molecular complexity index is 220. The standard InChI is InChI=1S/C7H12N2OS/c1-5-7(11-4-9-5)6(3-8)10-2/h4,6H,3,8H2,1-2H3. The minimum atomic E-state index is 0.0162. The Hall–Kier alpha value is -0.450. The predicted octanol–water partition coefficient (Wildman–Crippen LogP) is 1.10. The highest BCUT2D eigenvalue weighted by Crippen LogP contribution is 2.22. The Morgan fingerprint density at radius 3 is 2.91 bits per heavy atom. The molecule has 1 aromatic rings. The van der Waals surface area contributed by atoms with Gasteiger partial charge in [0.25, 0.3) is 0 Å². The van der Waals surface area contributed by atoms with Crippen molar-refractivity contribution in [1.82, 2.24) is 4.98 Å². The number of methoxy groups -OCH3 is 1. The lowest BCUT2D eigenvalue weighted by molar-refractivity contribution is 0.113. The van der Waals surface area contributed by atoms with E-state index in [4.69, 9.17) is 10.5 Å². The number of hydrogen-bond acceptors (Lipinski definition) is 4. The molecule has 3 nitrogen and oxygen atoms in total. The number of aromatic nitrogens is 1. The van der Waals surface area contributed by atoms with E-state index in [0.29, 0.717) is 6.54 Å². The van der Waals surface area contributed by atoms with Gasteiger partial charge in [-0.1, -0.05) is 0 Å². The molecule has 2 N–H and O–H groups in total.